The zero-order valence-corrected chi connectivity index (χ0v) is 19.7. The predicted octanol–water partition coefficient (Wildman–Crippen LogP) is 5.88. The number of halogens is 2. The number of nitrogens with one attached hydrogen (secondary N) is 1. The van der Waals surface area contributed by atoms with Crippen LogP contribution in [-0.2, 0) is 9.53 Å². The van der Waals surface area contributed by atoms with Crippen molar-refractivity contribution in [3.63, 3.8) is 0 Å². The number of carbonyl (C=O) groups excluding carboxylic acids is 1. The molecule has 0 saturated heterocycles. The maximum absolute atomic E-state index is 13.4. The van der Waals surface area contributed by atoms with Crippen LogP contribution in [-0.4, -0.2) is 10.9 Å². The molecule has 0 fully saturated rings. The first-order valence-corrected chi connectivity index (χ1v) is 10.9. The van der Waals surface area contributed by atoms with Crippen LogP contribution in [0.1, 0.15) is 29.5 Å². The molecule has 1 aliphatic heterocycles. The lowest BCUT2D eigenvalue weighted by atomic mass is 9.82. The fraction of sp³-hybridized carbons (Fsp3) is 0.160. The van der Waals surface area contributed by atoms with E-state index in [2.05, 4.69) is 16.4 Å². The van der Waals surface area contributed by atoms with Crippen molar-refractivity contribution in [3.8, 4) is 6.07 Å². The third kappa shape index (κ3) is 4.25. The maximum Gasteiger partial charge on any atom is 0.255 e. The van der Waals surface area contributed by atoms with E-state index in [-0.39, 0.29) is 27.9 Å². The molecule has 1 aliphatic rings. The second-order valence-corrected chi connectivity index (χ2v) is 8.67. The van der Waals surface area contributed by atoms with Crippen molar-refractivity contribution in [2.75, 3.05) is 5.32 Å². The van der Waals surface area contributed by atoms with E-state index >= 15 is 0 Å². The SMILES string of the molecule is CC1=C(C(=O)Nc2ccc(Cl)cc2)C(c2cc3c(C)cc(C)cc3nc2Cl)C(C#N)=C(N)O1. The minimum atomic E-state index is -0.846. The number of hydrogen-bond acceptors (Lipinski definition) is 5. The number of amides is 1. The van der Waals surface area contributed by atoms with Crippen LogP contribution in [0.2, 0.25) is 10.2 Å². The van der Waals surface area contributed by atoms with E-state index in [9.17, 15) is 10.1 Å². The number of benzene rings is 2. The molecule has 1 amide bonds. The number of pyridine rings is 1. The third-order valence-corrected chi connectivity index (χ3v) is 6.08. The number of ether oxygens (including phenoxy) is 1. The molecule has 1 atom stereocenters. The van der Waals surface area contributed by atoms with Crippen molar-refractivity contribution in [2.45, 2.75) is 26.7 Å². The second-order valence-electron chi connectivity index (χ2n) is 7.87. The molecule has 33 heavy (non-hydrogen) atoms. The first-order chi connectivity index (χ1) is 15.7. The van der Waals surface area contributed by atoms with Gasteiger partial charge in [-0.05, 0) is 68.3 Å². The molecule has 0 bridgehead atoms. The van der Waals surface area contributed by atoms with E-state index in [0.29, 0.717) is 16.3 Å². The summed E-state index contributed by atoms with van der Waals surface area (Å²) >= 11 is 12.6. The Kier molecular flexibility index (Phi) is 6.03. The van der Waals surface area contributed by atoms with Gasteiger partial charge < -0.3 is 15.8 Å². The molecule has 166 valence electrons. The van der Waals surface area contributed by atoms with Crippen LogP contribution in [0.4, 0.5) is 5.69 Å². The molecule has 3 aromatic rings. The molecule has 6 nitrogen and oxygen atoms in total. The van der Waals surface area contributed by atoms with Crippen LogP contribution >= 0.6 is 23.2 Å². The van der Waals surface area contributed by atoms with Crippen LogP contribution in [0.25, 0.3) is 10.9 Å². The highest BCUT2D eigenvalue weighted by Gasteiger charge is 2.37. The Bertz CT molecular complexity index is 1400. The summed E-state index contributed by atoms with van der Waals surface area (Å²) in [6.45, 7) is 5.59. The molecular weight excluding hydrogens is 459 g/mol. The zero-order chi connectivity index (χ0) is 23.9. The molecule has 2 aromatic carbocycles. The Morgan fingerprint density at radius 1 is 1.15 bits per heavy atom. The normalized spacial score (nSPS) is 15.9. The lowest BCUT2D eigenvalue weighted by molar-refractivity contribution is -0.113. The van der Waals surface area contributed by atoms with Crippen molar-refractivity contribution in [1.29, 1.82) is 5.26 Å². The van der Waals surface area contributed by atoms with E-state index < -0.39 is 11.8 Å². The van der Waals surface area contributed by atoms with Gasteiger partial charge in [-0.2, -0.15) is 5.26 Å². The van der Waals surface area contributed by atoms with Gasteiger partial charge in [-0.25, -0.2) is 4.98 Å². The summed E-state index contributed by atoms with van der Waals surface area (Å²) in [4.78, 5) is 17.9. The van der Waals surface area contributed by atoms with E-state index in [4.69, 9.17) is 33.7 Å². The number of aromatic nitrogens is 1. The lowest BCUT2D eigenvalue weighted by Gasteiger charge is -2.28. The molecule has 1 aromatic heterocycles. The largest absolute Gasteiger partial charge is 0.445 e. The molecule has 1 unspecified atom stereocenters. The molecule has 0 spiro atoms. The van der Waals surface area contributed by atoms with Gasteiger partial charge in [-0.3, -0.25) is 4.79 Å². The third-order valence-electron chi connectivity index (χ3n) is 5.53. The second kappa shape index (κ2) is 8.78. The minimum absolute atomic E-state index is 0.0696. The minimum Gasteiger partial charge on any atom is -0.445 e. The van der Waals surface area contributed by atoms with E-state index in [1.165, 1.54) is 0 Å². The maximum atomic E-state index is 13.4. The Morgan fingerprint density at radius 2 is 1.85 bits per heavy atom. The predicted molar refractivity (Wildman–Crippen MR) is 130 cm³/mol. The van der Waals surface area contributed by atoms with Crippen molar-refractivity contribution in [1.82, 2.24) is 4.98 Å². The Morgan fingerprint density at radius 3 is 2.52 bits per heavy atom. The number of rotatable bonds is 3. The van der Waals surface area contributed by atoms with Gasteiger partial charge in [0.05, 0.1) is 17.0 Å². The number of nitriles is 1. The van der Waals surface area contributed by atoms with Gasteiger partial charge in [0.25, 0.3) is 5.91 Å². The van der Waals surface area contributed by atoms with Gasteiger partial charge >= 0.3 is 0 Å². The summed E-state index contributed by atoms with van der Waals surface area (Å²) in [5.74, 6) is -1.09. The van der Waals surface area contributed by atoms with E-state index in [1.807, 2.05) is 32.0 Å². The highest BCUT2D eigenvalue weighted by atomic mass is 35.5. The monoisotopic (exact) mass is 478 g/mol. The number of allylic oxidation sites excluding steroid dienone is 2. The van der Waals surface area contributed by atoms with Gasteiger partial charge in [0.2, 0.25) is 5.88 Å². The van der Waals surface area contributed by atoms with Crippen LogP contribution in [0.3, 0.4) is 0 Å². The smallest absolute Gasteiger partial charge is 0.255 e. The van der Waals surface area contributed by atoms with Crippen molar-refractivity contribution < 1.29 is 9.53 Å². The molecule has 0 radical (unpaired) electrons. The van der Waals surface area contributed by atoms with Crippen LogP contribution in [0.15, 0.2) is 65.3 Å². The summed E-state index contributed by atoms with van der Waals surface area (Å²) in [5.41, 5.74) is 10.2. The van der Waals surface area contributed by atoms with Crippen molar-refractivity contribution in [2.24, 2.45) is 5.73 Å². The molecular formula is C25H20Cl2N4O2. The summed E-state index contributed by atoms with van der Waals surface area (Å²) in [6.07, 6.45) is 0. The molecule has 0 aliphatic carbocycles. The topological polar surface area (TPSA) is 101 Å². The van der Waals surface area contributed by atoms with E-state index in [1.54, 1.807) is 31.2 Å². The highest BCUT2D eigenvalue weighted by molar-refractivity contribution is 6.31. The summed E-state index contributed by atoms with van der Waals surface area (Å²) in [5, 5.41) is 14.3. The molecule has 4 rings (SSSR count). The van der Waals surface area contributed by atoms with Crippen LogP contribution < -0.4 is 11.1 Å². The van der Waals surface area contributed by atoms with Gasteiger partial charge in [0.1, 0.15) is 22.6 Å². The summed E-state index contributed by atoms with van der Waals surface area (Å²) in [7, 11) is 0. The molecule has 0 saturated carbocycles. The van der Waals surface area contributed by atoms with Gasteiger partial charge in [0.15, 0.2) is 0 Å². The quantitative estimate of drug-likeness (QED) is 0.457. The number of fused-ring (bicyclic) bond motifs is 1. The number of aryl methyl sites for hydroxylation is 2. The fourth-order valence-corrected chi connectivity index (χ4v) is 4.42. The van der Waals surface area contributed by atoms with E-state index in [0.717, 1.165) is 22.0 Å². The highest BCUT2D eigenvalue weighted by Crippen LogP contribution is 2.42. The number of anilines is 1. The Hall–Kier alpha value is -3.53. The van der Waals surface area contributed by atoms with Crippen molar-refractivity contribution in [3.05, 3.63) is 92.1 Å². The fourth-order valence-electron chi connectivity index (χ4n) is 4.04. The lowest BCUT2D eigenvalue weighted by Crippen LogP contribution is -2.28. The number of nitrogens with two attached hydrogens (primary N) is 1. The zero-order valence-electron chi connectivity index (χ0n) is 18.2. The first kappa shape index (κ1) is 22.7. The summed E-state index contributed by atoms with van der Waals surface area (Å²) in [6, 6.07) is 14.6. The van der Waals surface area contributed by atoms with Gasteiger partial charge in [-0.15, -0.1) is 0 Å². The molecule has 3 N–H and O–H groups in total. The Balaban J connectivity index is 1.87. The molecule has 8 heteroatoms. The first-order valence-electron chi connectivity index (χ1n) is 10.1. The van der Waals surface area contributed by atoms with Gasteiger partial charge in [0, 0.05) is 21.7 Å². The summed E-state index contributed by atoms with van der Waals surface area (Å²) < 4.78 is 5.57. The van der Waals surface area contributed by atoms with Crippen LogP contribution in [0.5, 0.6) is 0 Å². The van der Waals surface area contributed by atoms with Gasteiger partial charge in [-0.1, -0.05) is 29.3 Å². The molecule has 2 heterocycles. The standard InChI is InChI=1S/C25H20Cl2N4O2/c1-12-8-13(2)17-10-18(23(27)31-20(17)9-12)22-19(11-28)24(29)33-14(3)21(22)25(32)30-16-6-4-15(26)5-7-16/h4-10,22H,29H2,1-3H3,(H,30,32). The van der Waals surface area contributed by atoms with Crippen LogP contribution in [0, 0.1) is 25.2 Å². The number of hydrogen-bond donors (Lipinski definition) is 2. The average Bonchev–Trinajstić information content (AvgIpc) is 2.74. The number of nitrogens with zero attached hydrogens (tertiary/aromatic N) is 2. The average molecular weight is 479 g/mol. The van der Waals surface area contributed by atoms with Crippen molar-refractivity contribution >= 4 is 45.7 Å². The number of carbonyl (C=O) groups is 1. The Labute approximate surface area is 201 Å².